The standard InChI is InChI=1S/C12H16N2O4/c1-2-17-11(10(13)15)14-12(16)18-8-9-6-4-3-5-7-9/h3-7,11H,2,8H2,1H3,(H2,13,15)(H,14,16). The fourth-order valence-corrected chi connectivity index (χ4v) is 1.23. The lowest BCUT2D eigenvalue weighted by Crippen LogP contribution is -2.46. The Morgan fingerprint density at radius 1 is 1.33 bits per heavy atom. The Hall–Kier alpha value is -2.08. The van der Waals surface area contributed by atoms with E-state index in [9.17, 15) is 9.59 Å². The third-order valence-corrected chi connectivity index (χ3v) is 2.05. The molecule has 0 saturated heterocycles. The molecule has 1 rings (SSSR count). The molecule has 98 valence electrons. The van der Waals surface area contributed by atoms with E-state index in [2.05, 4.69) is 5.32 Å². The first kappa shape index (κ1) is 14.0. The maximum absolute atomic E-state index is 11.4. The molecule has 1 atom stereocenters. The van der Waals surface area contributed by atoms with Gasteiger partial charge in [-0.15, -0.1) is 0 Å². The molecule has 0 aliphatic rings. The highest BCUT2D eigenvalue weighted by Gasteiger charge is 2.18. The maximum atomic E-state index is 11.4. The zero-order valence-electron chi connectivity index (χ0n) is 10.1. The van der Waals surface area contributed by atoms with E-state index >= 15 is 0 Å². The molecular formula is C12H16N2O4. The first-order valence-corrected chi connectivity index (χ1v) is 5.51. The first-order valence-electron chi connectivity index (χ1n) is 5.51. The smallest absolute Gasteiger partial charge is 0.409 e. The van der Waals surface area contributed by atoms with E-state index < -0.39 is 18.2 Å². The minimum absolute atomic E-state index is 0.115. The zero-order chi connectivity index (χ0) is 13.4. The summed E-state index contributed by atoms with van der Waals surface area (Å²) in [6, 6.07) is 9.18. The molecule has 2 amide bonds. The second-order valence-corrected chi connectivity index (χ2v) is 3.44. The summed E-state index contributed by atoms with van der Waals surface area (Å²) in [6.45, 7) is 2.06. The van der Waals surface area contributed by atoms with Gasteiger partial charge in [0.2, 0.25) is 6.23 Å². The summed E-state index contributed by atoms with van der Waals surface area (Å²) < 4.78 is 9.86. The summed E-state index contributed by atoms with van der Waals surface area (Å²) in [6.07, 6.45) is -1.92. The van der Waals surface area contributed by atoms with Crippen LogP contribution in [0.2, 0.25) is 0 Å². The van der Waals surface area contributed by atoms with E-state index in [4.69, 9.17) is 15.2 Å². The number of alkyl carbamates (subject to hydrolysis) is 1. The van der Waals surface area contributed by atoms with Crippen LogP contribution in [-0.4, -0.2) is 24.8 Å². The van der Waals surface area contributed by atoms with Crippen LogP contribution in [0.5, 0.6) is 0 Å². The molecule has 0 saturated carbocycles. The molecule has 18 heavy (non-hydrogen) atoms. The average Bonchev–Trinajstić information content (AvgIpc) is 2.37. The van der Waals surface area contributed by atoms with Gasteiger partial charge in [0.25, 0.3) is 5.91 Å². The molecular weight excluding hydrogens is 236 g/mol. The van der Waals surface area contributed by atoms with E-state index in [0.717, 1.165) is 5.56 Å². The molecule has 0 fully saturated rings. The second-order valence-electron chi connectivity index (χ2n) is 3.44. The van der Waals surface area contributed by atoms with Crippen molar-refractivity contribution >= 4 is 12.0 Å². The zero-order valence-corrected chi connectivity index (χ0v) is 10.1. The van der Waals surface area contributed by atoms with Crippen molar-refractivity contribution in [3.63, 3.8) is 0 Å². The summed E-state index contributed by atoms with van der Waals surface area (Å²) in [5.41, 5.74) is 5.89. The lowest BCUT2D eigenvalue weighted by atomic mass is 10.2. The molecule has 0 aliphatic heterocycles. The van der Waals surface area contributed by atoms with Gasteiger partial charge in [-0.05, 0) is 12.5 Å². The number of hydrogen-bond acceptors (Lipinski definition) is 4. The number of ether oxygens (including phenoxy) is 2. The van der Waals surface area contributed by atoms with Crippen molar-refractivity contribution in [3.8, 4) is 0 Å². The number of hydrogen-bond donors (Lipinski definition) is 2. The first-order chi connectivity index (χ1) is 8.63. The average molecular weight is 252 g/mol. The number of carbonyl (C=O) groups is 2. The predicted molar refractivity (Wildman–Crippen MR) is 64.4 cm³/mol. The molecule has 1 aromatic carbocycles. The Morgan fingerprint density at radius 3 is 2.56 bits per heavy atom. The van der Waals surface area contributed by atoms with E-state index in [1.54, 1.807) is 6.92 Å². The molecule has 0 radical (unpaired) electrons. The minimum atomic E-state index is -1.17. The highest BCUT2D eigenvalue weighted by atomic mass is 16.6. The van der Waals surface area contributed by atoms with Crippen molar-refractivity contribution in [3.05, 3.63) is 35.9 Å². The van der Waals surface area contributed by atoms with Crippen molar-refractivity contribution in [1.29, 1.82) is 0 Å². The highest BCUT2D eigenvalue weighted by molar-refractivity contribution is 5.82. The molecule has 3 N–H and O–H groups in total. The minimum Gasteiger partial charge on any atom is -0.445 e. The van der Waals surface area contributed by atoms with Gasteiger partial charge < -0.3 is 15.2 Å². The fourth-order valence-electron chi connectivity index (χ4n) is 1.23. The summed E-state index contributed by atoms with van der Waals surface area (Å²) in [5, 5.41) is 2.23. The van der Waals surface area contributed by atoms with Gasteiger partial charge in [-0.25, -0.2) is 4.79 Å². The monoisotopic (exact) mass is 252 g/mol. The highest BCUT2D eigenvalue weighted by Crippen LogP contribution is 2.00. The summed E-state index contributed by atoms with van der Waals surface area (Å²) >= 11 is 0. The number of rotatable bonds is 6. The van der Waals surface area contributed by atoms with Gasteiger partial charge in [-0.3, -0.25) is 10.1 Å². The van der Waals surface area contributed by atoms with Crippen LogP contribution in [0.1, 0.15) is 12.5 Å². The lowest BCUT2D eigenvalue weighted by Gasteiger charge is -2.14. The molecule has 0 aliphatic carbocycles. The van der Waals surface area contributed by atoms with E-state index in [0.29, 0.717) is 0 Å². The van der Waals surface area contributed by atoms with Crippen LogP contribution in [-0.2, 0) is 20.9 Å². The van der Waals surface area contributed by atoms with Gasteiger partial charge >= 0.3 is 6.09 Å². The summed E-state index contributed by atoms with van der Waals surface area (Å²) in [4.78, 5) is 22.3. The normalized spacial score (nSPS) is 11.6. The topological polar surface area (TPSA) is 90.7 Å². The SMILES string of the molecule is CCOC(NC(=O)OCc1ccccc1)C(N)=O. The predicted octanol–water partition coefficient (Wildman–Crippen LogP) is 0.761. The van der Waals surface area contributed by atoms with Gasteiger partial charge in [-0.2, -0.15) is 0 Å². The van der Waals surface area contributed by atoms with Gasteiger partial charge in [0.1, 0.15) is 6.61 Å². The van der Waals surface area contributed by atoms with Crippen LogP contribution in [0.25, 0.3) is 0 Å². The third-order valence-electron chi connectivity index (χ3n) is 2.05. The fraction of sp³-hybridized carbons (Fsp3) is 0.333. The second kappa shape index (κ2) is 7.29. The number of carbonyl (C=O) groups excluding carboxylic acids is 2. The van der Waals surface area contributed by atoms with E-state index in [-0.39, 0.29) is 13.2 Å². The maximum Gasteiger partial charge on any atom is 0.409 e. The van der Waals surface area contributed by atoms with Crippen LogP contribution in [0.4, 0.5) is 4.79 Å². The number of nitrogens with two attached hydrogens (primary N) is 1. The summed E-state index contributed by atoms with van der Waals surface area (Å²) in [7, 11) is 0. The molecule has 0 bridgehead atoms. The Kier molecular flexibility index (Phi) is 5.66. The Morgan fingerprint density at radius 2 is 2.00 bits per heavy atom. The number of nitrogens with one attached hydrogen (secondary N) is 1. The van der Waals surface area contributed by atoms with Gasteiger partial charge in [0.15, 0.2) is 0 Å². The van der Waals surface area contributed by atoms with E-state index in [1.807, 2.05) is 30.3 Å². The van der Waals surface area contributed by atoms with Gasteiger partial charge in [0.05, 0.1) is 0 Å². The van der Waals surface area contributed by atoms with Crippen LogP contribution >= 0.6 is 0 Å². The molecule has 6 nitrogen and oxygen atoms in total. The largest absolute Gasteiger partial charge is 0.445 e. The summed E-state index contributed by atoms with van der Waals surface area (Å²) in [5.74, 6) is -0.770. The van der Waals surface area contributed by atoms with Crippen LogP contribution in [0, 0.1) is 0 Å². The molecule has 0 heterocycles. The molecule has 0 aromatic heterocycles. The van der Waals surface area contributed by atoms with Crippen molar-refractivity contribution < 1.29 is 19.1 Å². The lowest BCUT2D eigenvalue weighted by molar-refractivity contribution is -0.130. The molecule has 1 unspecified atom stereocenters. The van der Waals surface area contributed by atoms with Crippen molar-refractivity contribution in [2.75, 3.05) is 6.61 Å². The Labute approximate surface area is 105 Å². The van der Waals surface area contributed by atoms with Crippen molar-refractivity contribution in [2.24, 2.45) is 5.73 Å². The van der Waals surface area contributed by atoms with Gasteiger partial charge in [-0.1, -0.05) is 30.3 Å². The molecule has 6 heteroatoms. The Bertz CT molecular complexity index is 394. The number of primary amides is 1. The van der Waals surface area contributed by atoms with Crippen LogP contribution in [0.3, 0.4) is 0 Å². The van der Waals surface area contributed by atoms with Crippen LogP contribution in [0.15, 0.2) is 30.3 Å². The Balaban J connectivity index is 2.39. The van der Waals surface area contributed by atoms with E-state index in [1.165, 1.54) is 0 Å². The van der Waals surface area contributed by atoms with Crippen LogP contribution < -0.4 is 11.1 Å². The number of benzene rings is 1. The van der Waals surface area contributed by atoms with Crippen molar-refractivity contribution in [1.82, 2.24) is 5.32 Å². The molecule has 1 aromatic rings. The van der Waals surface area contributed by atoms with Gasteiger partial charge in [0, 0.05) is 6.61 Å². The number of amides is 2. The quantitative estimate of drug-likeness (QED) is 0.731. The van der Waals surface area contributed by atoms with Crippen molar-refractivity contribution in [2.45, 2.75) is 19.8 Å². The third kappa shape index (κ3) is 4.84. The molecule has 0 spiro atoms.